The Balaban J connectivity index is 2.30. The number of allylic oxidation sites excluding steroid dienone is 7. The van der Waals surface area contributed by atoms with Gasteiger partial charge in [0.15, 0.2) is 6.29 Å². The van der Waals surface area contributed by atoms with Gasteiger partial charge in [0, 0.05) is 6.42 Å². The molecule has 0 aromatic carbocycles. The quantitative estimate of drug-likeness (QED) is 0.0264. The highest BCUT2D eigenvalue weighted by atomic mass is 16.7. The van der Waals surface area contributed by atoms with Crippen molar-refractivity contribution < 1.29 is 39.8 Å². The zero-order chi connectivity index (χ0) is 43.0. The van der Waals surface area contributed by atoms with Gasteiger partial charge in [0.05, 0.1) is 25.4 Å². The zero-order valence-electron chi connectivity index (χ0n) is 37.7. The van der Waals surface area contributed by atoms with Crippen LogP contribution in [0, 0.1) is 0 Å². The first-order chi connectivity index (χ1) is 28.8. The number of hydrogen-bond donors (Lipinski definition) is 6. The molecular weight excluding hydrogens is 743 g/mol. The molecule has 0 bridgehead atoms. The van der Waals surface area contributed by atoms with Gasteiger partial charge in [-0.25, -0.2) is 0 Å². The maximum absolute atomic E-state index is 13.0. The summed E-state index contributed by atoms with van der Waals surface area (Å²) in [6, 6.07) is -0.829. The Morgan fingerprint density at radius 2 is 0.966 bits per heavy atom. The number of amides is 1. The summed E-state index contributed by atoms with van der Waals surface area (Å²) in [5, 5.41) is 54.1. The topological polar surface area (TPSA) is 149 Å². The molecule has 9 nitrogen and oxygen atoms in total. The highest BCUT2D eigenvalue weighted by Gasteiger charge is 2.44. The lowest BCUT2D eigenvalue weighted by Crippen LogP contribution is -2.60. The predicted molar refractivity (Wildman–Crippen MR) is 244 cm³/mol. The molecule has 0 aromatic heterocycles. The van der Waals surface area contributed by atoms with Crippen molar-refractivity contribution in [1.29, 1.82) is 0 Å². The van der Waals surface area contributed by atoms with Crippen molar-refractivity contribution in [3.8, 4) is 0 Å². The normalized spacial score (nSPS) is 21.1. The molecular formula is C50H91NO8. The number of aliphatic hydroxyl groups excluding tert-OH is 5. The van der Waals surface area contributed by atoms with Crippen LogP contribution in [-0.4, -0.2) is 87.5 Å². The van der Waals surface area contributed by atoms with Gasteiger partial charge in [-0.1, -0.05) is 178 Å². The molecule has 59 heavy (non-hydrogen) atoms. The van der Waals surface area contributed by atoms with E-state index in [1.54, 1.807) is 6.08 Å². The summed E-state index contributed by atoms with van der Waals surface area (Å²) in [7, 11) is 0. The van der Waals surface area contributed by atoms with Gasteiger partial charge in [0.25, 0.3) is 0 Å². The van der Waals surface area contributed by atoms with Crippen LogP contribution in [0.5, 0.6) is 0 Å². The minimum Gasteiger partial charge on any atom is -0.394 e. The number of unbranched alkanes of at least 4 members (excludes halogenated alkanes) is 24. The van der Waals surface area contributed by atoms with Crippen LogP contribution in [0.4, 0.5) is 0 Å². The molecule has 1 aliphatic heterocycles. The summed E-state index contributed by atoms with van der Waals surface area (Å²) >= 11 is 0. The molecule has 7 unspecified atom stereocenters. The van der Waals surface area contributed by atoms with Crippen molar-refractivity contribution in [3.05, 3.63) is 48.6 Å². The van der Waals surface area contributed by atoms with Crippen LogP contribution < -0.4 is 5.32 Å². The van der Waals surface area contributed by atoms with Gasteiger partial charge in [0.2, 0.25) is 5.91 Å². The maximum Gasteiger partial charge on any atom is 0.220 e. The van der Waals surface area contributed by atoms with E-state index >= 15 is 0 Å². The number of nitrogens with one attached hydrogen (secondary N) is 1. The van der Waals surface area contributed by atoms with Gasteiger partial charge >= 0.3 is 0 Å². The Labute approximate surface area is 361 Å². The lowest BCUT2D eigenvalue weighted by Gasteiger charge is -2.40. The van der Waals surface area contributed by atoms with E-state index in [-0.39, 0.29) is 12.5 Å². The maximum atomic E-state index is 13.0. The van der Waals surface area contributed by atoms with Gasteiger partial charge in [-0.15, -0.1) is 0 Å². The minimum atomic E-state index is -1.57. The third-order valence-corrected chi connectivity index (χ3v) is 11.4. The summed E-state index contributed by atoms with van der Waals surface area (Å²) in [6.45, 7) is 3.71. The number of ether oxygens (including phenoxy) is 2. The van der Waals surface area contributed by atoms with Crippen molar-refractivity contribution >= 4 is 5.91 Å². The van der Waals surface area contributed by atoms with E-state index in [0.29, 0.717) is 6.42 Å². The molecule has 0 aromatic rings. The molecule has 1 amide bonds. The Kier molecular flexibility index (Phi) is 37.6. The predicted octanol–water partition coefficient (Wildman–Crippen LogP) is 10.6. The first-order valence-corrected chi connectivity index (χ1v) is 24.4. The summed E-state index contributed by atoms with van der Waals surface area (Å²) in [4.78, 5) is 13.0. The highest BCUT2D eigenvalue weighted by molar-refractivity contribution is 5.76. The van der Waals surface area contributed by atoms with Gasteiger partial charge in [-0.3, -0.25) is 4.79 Å². The molecule has 0 radical (unpaired) electrons. The second-order valence-corrected chi connectivity index (χ2v) is 16.9. The zero-order valence-corrected chi connectivity index (χ0v) is 37.7. The van der Waals surface area contributed by atoms with Crippen LogP contribution in [0.3, 0.4) is 0 Å². The third-order valence-electron chi connectivity index (χ3n) is 11.4. The van der Waals surface area contributed by atoms with Gasteiger partial charge in [-0.05, 0) is 70.6 Å². The molecule has 1 saturated heterocycles. The average Bonchev–Trinajstić information content (AvgIpc) is 3.23. The van der Waals surface area contributed by atoms with E-state index in [9.17, 15) is 30.3 Å². The molecule has 0 spiro atoms. The van der Waals surface area contributed by atoms with Crippen molar-refractivity contribution in [2.75, 3.05) is 13.2 Å². The molecule has 344 valence electrons. The van der Waals surface area contributed by atoms with Crippen LogP contribution >= 0.6 is 0 Å². The first-order valence-electron chi connectivity index (χ1n) is 24.4. The molecule has 7 atom stereocenters. The van der Waals surface area contributed by atoms with Gasteiger partial charge in [0.1, 0.15) is 24.4 Å². The lowest BCUT2D eigenvalue weighted by atomic mass is 9.99. The Hall–Kier alpha value is -1.85. The molecule has 1 rings (SSSR count). The lowest BCUT2D eigenvalue weighted by molar-refractivity contribution is -0.302. The fraction of sp³-hybridized carbons (Fsp3) is 0.820. The number of rotatable bonds is 40. The first kappa shape index (κ1) is 55.2. The van der Waals surface area contributed by atoms with E-state index in [0.717, 1.165) is 64.2 Å². The summed E-state index contributed by atoms with van der Waals surface area (Å²) in [6.07, 6.45) is 44.5. The highest BCUT2D eigenvalue weighted by Crippen LogP contribution is 2.22. The summed E-state index contributed by atoms with van der Waals surface area (Å²) in [5.74, 6) is -0.197. The van der Waals surface area contributed by atoms with Gasteiger partial charge < -0.3 is 40.3 Å². The Morgan fingerprint density at radius 1 is 0.559 bits per heavy atom. The molecule has 1 heterocycles. The molecule has 0 saturated carbocycles. The van der Waals surface area contributed by atoms with E-state index in [1.807, 2.05) is 6.08 Å². The van der Waals surface area contributed by atoms with Crippen molar-refractivity contribution in [3.63, 3.8) is 0 Å². The number of carbonyl (C=O) groups is 1. The van der Waals surface area contributed by atoms with Crippen molar-refractivity contribution in [2.45, 2.75) is 249 Å². The van der Waals surface area contributed by atoms with Crippen LogP contribution in [0.2, 0.25) is 0 Å². The summed E-state index contributed by atoms with van der Waals surface area (Å²) in [5.41, 5.74) is 0. The third kappa shape index (κ3) is 30.8. The monoisotopic (exact) mass is 834 g/mol. The van der Waals surface area contributed by atoms with E-state index in [1.165, 1.54) is 122 Å². The molecule has 6 N–H and O–H groups in total. The number of hydrogen-bond acceptors (Lipinski definition) is 8. The standard InChI is InChI=1S/C50H91NO8/c1-3-5-7-9-11-13-15-17-18-19-20-21-22-23-24-25-26-28-30-32-34-36-38-40-46(54)51-43(42-58-50-49(57)48(56)47(55)45(41-52)59-50)44(53)39-37-35-33-31-29-27-16-14-12-10-8-6-4-2/h12,14,23-24,29,31,37,39,43-45,47-50,52-53,55-57H,3-11,13,15-22,25-28,30,32-36,38,40-42H2,1-2H3,(H,51,54)/b14-12+,24-23-,31-29+,39-37+. The second-order valence-electron chi connectivity index (χ2n) is 16.9. The number of aliphatic hydroxyl groups is 5. The van der Waals surface area contributed by atoms with Crippen LogP contribution in [0.25, 0.3) is 0 Å². The largest absolute Gasteiger partial charge is 0.394 e. The summed E-state index contributed by atoms with van der Waals surface area (Å²) < 4.78 is 11.2. The van der Waals surface area contributed by atoms with E-state index in [2.05, 4.69) is 55.6 Å². The minimum absolute atomic E-state index is 0.197. The fourth-order valence-corrected chi connectivity index (χ4v) is 7.42. The van der Waals surface area contributed by atoms with Gasteiger partial charge in [-0.2, -0.15) is 0 Å². The molecule has 1 aliphatic rings. The van der Waals surface area contributed by atoms with Crippen LogP contribution in [0.1, 0.15) is 206 Å². The molecule has 1 fully saturated rings. The average molecular weight is 834 g/mol. The van der Waals surface area contributed by atoms with E-state index < -0.39 is 49.5 Å². The fourth-order valence-electron chi connectivity index (χ4n) is 7.42. The van der Waals surface area contributed by atoms with Crippen LogP contribution in [-0.2, 0) is 14.3 Å². The Morgan fingerprint density at radius 3 is 1.46 bits per heavy atom. The molecule has 9 heteroatoms. The number of carbonyl (C=O) groups excluding carboxylic acids is 1. The van der Waals surface area contributed by atoms with Crippen molar-refractivity contribution in [2.24, 2.45) is 0 Å². The smallest absolute Gasteiger partial charge is 0.220 e. The van der Waals surface area contributed by atoms with Crippen molar-refractivity contribution in [1.82, 2.24) is 5.32 Å². The van der Waals surface area contributed by atoms with E-state index in [4.69, 9.17) is 9.47 Å². The Bertz CT molecular complexity index is 1060. The SMILES string of the molecule is CCCCC/C=C/CC/C=C/CC/C=C/C(O)C(COC1OC(CO)C(O)C(O)C1O)NC(=O)CCCCCCCCC/C=C\CCCCCCCCCCCCCC. The second kappa shape index (κ2) is 40.2. The molecule has 0 aliphatic carbocycles. The van der Waals surface area contributed by atoms with Crippen LogP contribution in [0.15, 0.2) is 48.6 Å².